The van der Waals surface area contributed by atoms with Gasteiger partial charge in [0.25, 0.3) is 5.56 Å². The number of thiophene rings is 1. The minimum Gasteiger partial charge on any atom is -0.323 e. The monoisotopic (exact) mass is 322 g/mol. The van der Waals surface area contributed by atoms with Crippen LogP contribution in [-0.4, -0.2) is 9.55 Å². The van der Waals surface area contributed by atoms with E-state index in [2.05, 4.69) is 18.8 Å². The summed E-state index contributed by atoms with van der Waals surface area (Å²) in [6.07, 6.45) is 5.02. The van der Waals surface area contributed by atoms with Crippen molar-refractivity contribution in [3.05, 3.63) is 25.6 Å². The molecule has 3 nitrogen and oxygen atoms in total. The van der Waals surface area contributed by atoms with Gasteiger partial charge in [0.15, 0.2) is 4.77 Å². The standard InChI is InChI=1S/C16H22N2OS2/c1-9-5-4-6-12(7-9)8-18-15(19)13-10(2)11(3)21-14(13)17-16(18)20/h9,12H,4-8H2,1-3H3,(H,17,20). The average molecular weight is 322 g/mol. The molecule has 2 unspecified atom stereocenters. The van der Waals surface area contributed by atoms with Crippen molar-refractivity contribution < 1.29 is 0 Å². The van der Waals surface area contributed by atoms with Gasteiger partial charge in [-0.25, -0.2) is 0 Å². The number of fused-ring (bicyclic) bond motifs is 1. The molecule has 1 fully saturated rings. The fourth-order valence-electron chi connectivity index (χ4n) is 3.51. The van der Waals surface area contributed by atoms with Crippen LogP contribution in [0.2, 0.25) is 0 Å². The molecule has 0 saturated heterocycles. The van der Waals surface area contributed by atoms with Crippen molar-refractivity contribution in [1.29, 1.82) is 0 Å². The summed E-state index contributed by atoms with van der Waals surface area (Å²) in [5.41, 5.74) is 1.19. The fourth-order valence-corrected chi connectivity index (χ4v) is 4.89. The van der Waals surface area contributed by atoms with Crippen molar-refractivity contribution in [2.45, 2.75) is 53.0 Å². The predicted molar refractivity (Wildman–Crippen MR) is 91.9 cm³/mol. The Morgan fingerprint density at radius 1 is 1.38 bits per heavy atom. The maximum Gasteiger partial charge on any atom is 0.263 e. The fraction of sp³-hybridized carbons (Fsp3) is 0.625. The number of nitrogens with zero attached hydrogens (tertiary/aromatic N) is 1. The first kappa shape index (κ1) is 15.0. The van der Waals surface area contributed by atoms with Crippen LogP contribution in [0.5, 0.6) is 0 Å². The highest BCUT2D eigenvalue weighted by Gasteiger charge is 2.21. The first-order chi connectivity index (χ1) is 9.97. The maximum absolute atomic E-state index is 12.8. The lowest BCUT2D eigenvalue weighted by atomic mass is 9.82. The molecule has 2 aromatic rings. The number of H-pyrrole nitrogens is 1. The van der Waals surface area contributed by atoms with Crippen molar-refractivity contribution in [3.63, 3.8) is 0 Å². The SMILES string of the molecule is Cc1sc2[nH]c(=S)n(CC3CCCC(C)C3)c(=O)c2c1C. The van der Waals surface area contributed by atoms with E-state index >= 15 is 0 Å². The molecule has 0 spiro atoms. The summed E-state index contributed by atoms with van der Waals surface area (Å²) in [6, 6.07) is 0. The van der Waals surface area contributed by atoms with Crippen molar-refractivity contribution in [3.8, 4) is 0 Å². The van der Waals surface area contributed by atoms with Crippen LogP contribution in [0.25, 0.3) is 10.2 Å². The van der Waals surface area contributed by atoms with Crippen LogP contribution in [0.4, 0.5) is 0 Å². The molecule has 0 amide bonds. The second kappa shape index (κ2) is 5.69. The maximum atomic E-state index is 12.8. The van der Waals surface area contributed by atoms with Gasteiger partial charge < -0.3 is 4.98 Å². The predicted octanol–water partition coefficient (Wildman–Crippen LogP) is 4.56. The molecule has 21 heavy (non-hydrogen) atoms. The van der Waals surface area contributed by atoms with E-state index in [0.29, 0.717) is 10.7 Å². The second-order valence-electron chi connectivity index (χ2n) is 6.47. The lowest BCUT2D eigenvalue weighted by molar-refractivity contribution is 0.254. The summed E-state index contributed by atoms with van der Waals surface area (Å²) < 4.78 is 2.37. The lowest BCUT2D eigenvalue weighted by Crippen LogP contribution is -2.28. The van der Waals surface area contributed by atoms with Crippen LogP contribution < -0.4 is 5.56 Å². The van der Waals surface area contributed by atoms with Crippen LogP contribution in [0, 0.1) is 30.5 Å². The molecule has 2 heterocycles. The van der Waals surface area contributed by atoms with E-state index in [1.807, 2.05) is 6.92 Å². The Kier molecular flexibility index (Phi) is 4.06. The van der Waals surface area contributed by atoms with Gasteiger partial charge in [0.2, 0.25) is 0 Å². The van der Waals surface area contributed by atoms with E-state index in [-0.39, 0.29) is 5.56 Å². The minimum absolute atomic E-state index is 0.0915. The quantitative estimate of drug-likeness (QED) is 0.823. The van der Waals surface area contributed by atoms with Crippen molar-refractivity contribution in [1.82, 2.24) is 9.55 Å². The second-order valence-corrected chi connectivity index (χ2v) is 8.08. The van der Waals surface area contributed by atoms with Gasteiger partial charge in [0.05, 0.1) is 5.39 Å². The summed E-state index contributed by atoms with van der Waals surface area (Å²) in [4.78, 5) is 18.2. The van der Waals surface area contributed by atoms with Crippen molar-refractivity contribution >= 4 is 33.8 Å². The van der Waals surface area contributed by atoms with Crippen LogP contribution >= 0.6 is 23.6 Å². The normalized spacial score (nSPS) is 22.8. The molecule has 1 saturated carbocycles. The van der Waals surface area contributed by atoms with Crippen molar-refractivity contribution in [2.24, 2.45) is 11.8 Å². The van der Waals surface area contributed by atoms with Crippen LogP contribution in [-0.2, 0) is 6.54 Å². The Morgan fingerprint density at radius 3 is 2.86 bits per heavy atom. The zero-order valence-electron chi connectivity index (χ0n) is 12.9. The van der Waals surface area contributed by atoms with Crippen LogP contribution in [0.15, 0.2) is 4.79 Å². The molecule has 1 N–H and O–H groups in total. The molecular weight excluding hydrogens is 300 g/mol. The largest absolute Gasteiger partial charge is 0.323 e. The highest BCUT2D eigenvalue weighted by molar-refractivity contribution is 7.71. The summed E-state index contributed by atoms with van der Waals surface area (Å²) in [5, 5.41) is 0.829. The Morgan fingerprint density at radius 2 is 2.14 bits per heavy atom. The van der Waals surface area contributed by atoms with E-state index < -0.39 is 0 Å². The molecule has 2 aromatic heterocycles. The van der Waals surface area contributed by atoms with Gasteiger partial charge in [-0.05, 0) is 56.3 Å². The first-order valence-corrected chi connectivity index (χ1v) is 8.92. The molecule has 1 aliphatic carbocycles. The first-order valence-electron chi connectivity index (χ1n) is 7.70. The van der Waals surface area contributed by atoms with E-state index in [1.165, 1.54) is 30.6 Å². The Balaban J connectivity index is 2.04. The number of aryl methyl sites for hydroxylation is 2. The minimum atomic E-state index is 0.0915. The number of hydrogen-bond donors (Lipinski definition) is 1. The van der Waals surface area contributed by atoms with Gasteiger partial charge in [0, 0.05) is 11.4 Å². The number of nitrogens with one attached hydrogen (secondary N) is 1. The van der Waals surface area contributed by atoms with Gasteiger partial charge in [-0.2, -0.15) is 0 Å². The molecule has 5 heteroatoms. The highest BCUT2D eigenvalue weighted by atomic mass is 32.1. The third kappa shape index (κ3) is 2.73. The topological polar surface area (TPSA) is 37.8 Å². The van der Waals surface area contributed by atoms with Crippen molar-refractivity contribution in [2.75, 3.05) is 0 Å². The molecule has 114 valence electrons. The number of aromatic amines is 1. The van der Waals surface area contributed by atoms with Gasteiger partial charge >= 0.3 is 0 Å². The van der Waals surface area contributed by atoms with Gasteiger partial charge in [-0.15, -0.1) is 11.3 Å². The Bertz CT molecular complexity index is 784. The number of aromatic nitrogens is 2. The van der Waals surface area contributed by atoms with E-state index in [1.54, 1.807) is 15.9 Å². The van der Waals surface area contributed by atoms with E-state index in [0.717, 1.165) is 28.2 Å². The van der Waals surface area contributed by atoms with Gasteiger partial charge in [0.1, 0.15) is 4.83 Å². The Labute approximate surface area is 134 Å². The third-order valence-corrected chi connectivity index (χ3v) is 6.24. The van der Waals surface area contributed by atoms with Gasteiger partial charge in [-0.3, -0.25) is 9.36 Å². The van der Waals surface area contributed by atoms with E-state index in [4.69, 9.17) is 12.2 Å². The zero-order chi connectivity index (χ0) is 15.1. The van der Waals surface area contributed by atoms with E-state index in [9.17, 15) is 4.79 Å². The van der Waals surface area contributed by atoms with Crippen LogP contribution in [0.1, 0.15) is 43.0 Å². The highest BCUT2D eigenvalue weighted by Crippen LogP contribution is 2.30. The number of rotatable bonds is 2. The molecule has 1 aliphatic rings. The summed E-state index contributed by atoms with van der Waals surface area (Å²) in [5.74, 6) is 1.35. The average Bonchev–Trinajstić information content (AvgIpc) is 2.70. The Hall–Kier alpha value is -0.940. The lowest BCUT2D eigenvalue weighted by Gasteiger charge is -2.27. The number of hydrogen-bond acceptors (Lipinski definition) is 3. The van der Waals surface area contributed by atoms with Crippen LogP contribution in [0.3, 0.4) is 0 Å². The smallest absolute Gasteiger partial charge is 0.263 e. The molecule has 0 aromatic carbocycles. The zero-order valence-corrected chi connectivity index (χ0v) is 14.5. The molecule has 0 radical (unpaired) electrons. The molecule has 0 bridgehead atoms. The molecular formula is C16H22N2OS2. The molecule has 2 atom stereocenters. The molecule has 0 aliphatic heterocycles. The van der Waals surface area contributed by atoms with Gasteiger partial charge in [-0.1, -0.05) is 19.8 Å². The molecule has 3 rings (SSSR count). The summed E-state index contributed by atoms with van der Waals surface area (Å²) in [6.45, 7) is 7.16. The summed E-state index contributed by atoms with van der Waals surface area (Å²) >= 11 is 7.06. The third-order valence-electron chi connectivity index (χ3n) is 4.80. The summed E-state index contributed by atoms with van der Waals surface area (Å²) in [7, 11) is 0.